The number of nitrogens with one attached hydrogen (secondary N) is 1. The van der Waals surface area contributed by atoms with Gasteiger partial charge in [0.05, 0.1) is 12.6 Å². The third kappa shape index (κ3) is 2.76. The predicted molar refractivity (Wildman–Crippen MR) is 97.8 cm³/mol. The average Bonchev–Trinajstić information content (AvgIpc) is 3.21. The van der Waals surface area contributed by atoms with Crippen molar-refractivity contribution in [2.24, 2.45) is 0 Å². The van der Waals surface area contributed by atoms with Crippen LogP contribution in [0.25, 0.3) is 11.0 Å². The zero-order valence-electron chi connectivity index (χ0n) is 14.6. The van der Waals surface area contributed by atoms with Crippen molar-refractivity contribution in [2.75, 3.05) is 19.8 Å². The van der Waals surface area contributed by atoms with E-state index in [9.17, 15) is 9.90 Å². The number of carbonyl (C=O) groups excluding carboxylic acids is 1. The Kier molecular flexibility index (Phi) is 4.20. The molecule has 0 radical (unpaired) electrons. The Labute approximate surface area is 151 Å². The maximum absolute atomic E-state index is 12.4. The number of nitrogens with zero attached hydrogens (tertiary/aromatic N) is 1. The van der Waals surface area contributed by atoms with Crippen LogP contribution in [0.15, 0.2) is 53.1 Å². The third-order valence-corrected chi connectivity index (χ3v) is 5.08. The van der Waals surface area contributed by atoms with E-state index < -0.39 is 5.54 Å². The van der Waals surface area contributed by atoms with Crippen LogP contribution in [0.1, 0.15) is 12.2 Å². The summed E-state index contributed by atoms with van der Waals surface area (Å²) in [5.74, 6) is 1.47. The Hall–Kier alpha value is -2.73. The maximum atomic E-state index is 12.4. The van der Waals surface area contributed by atoms with Gasteiger partial charge in [-0.3, -0.25) is 4.79 Å². The fraction of sp³-hybridized carbons (Fsp3) is 0.350. The second-order valence-electron chi connectivity index (χ2n) is 6.76. The zero-order chi connectivity index (χ0) is 18.1. The molecule has 4 rings (SSSR count). The SMILES string of the molecule is Cc1cc2cc(OCC3C=CC=CN3C3(CO)CCNC3=O)ccc2o1. The monoisotopic (exact) mass is 354 g/mol. The minimum atomic E-state index is -0.930. The summed E-state index contributed by atoms with van der Waals surface area (Å²) >= 11 is 0. The standard InChI is InChI=1S/C20H22N2O4/c1-14-10-15-11-17(5-6-18(15)26-14)25-12-16-4-2-3-9-22(16)20(13-23)7-8-21-19(20)24/h2-6,9-11,16,23H,7-8,12-13H2,1H3,(H,21,24). The Morgan fingerprint density at radius 3 is 3.04 bits per heavy atom. The van der Waals surface area contributed by atoms with Gasteiger partial charge in [0.15, 0.2) is 0 Å². The van der Waals surface area contributed by atoms with E-state index >= 15 is 0 Å². The van der Waals surface area contributed by atoms with Crippen LogP contribution >= 0.6 is 0 Å². The summed E-state index contributed by atoms with van der Waals surface area (Å²) < 4.78 is 11.6. The molecule has 26 heavy (non-hydrogen) atoms. The Morgan fingerprint density at radius 1 is 1.38 bits per heavy atom. The molecule has 1 aromatic carbocycles. The number of amides is 1. The fourth-order valence-corrected chi connectivity index (χ4v) is 3.70. The molecule has 0 spiro atoms. The highest BCUT2D eigenvalue weighted by atomic mass is 16.5. The molecule has 0 bridgehead atoms. The number of aliphatic hydroxyl groups excluding tert-OH is 1. The molecule has 2 aliphatic heterocycles. The number of rotatable bonds is 5. The number of ether oxygens (including phenoxy) is 1. The lowest BCUT2D eigenvalue weighted by Crippen LogP contribution is -2.58. The van der Waals surface area contributed by atoms with Gasteiger partial charge in [-0.1, -0.05) is 12.2 Å². The molecule has 1 fully saturated rings. The molecule has 2 aliphatic rings. The molecule has 6 heteroatoms. The average molecular weight is 354 g/mol. The smallest absolute Gasteiger partial charge is 0.248 e. The van der Waals surface area contributed by atoms with Crippen molar-refractivity contribution in [2.45, 2.75) is 24.9 Å². The van der Waals surface area contributed by atoms with Gasteiger partial charge in [-0.25, -0.2) is 0 Å². The number of benzene rings is 1. The summed E-state index contributed by atoms with van der Waals surface area (Å²) in [4.78, 5) is 14.3. The number of aryl methyl sites for hydroxylation is 1. The van der Waals surface area contributed by atoms with Gasteiger partial charge in [0.2, 0.25) is 5.91 Å². The van der Waals surface area contributed by atoms with Crippen LogP contribution in [0.4, 0.5) is 0 Å². The minimum absolute atomic E-state index is 0.139. The molecule has 2 unspecified atom stereocenters. The predicted octanol–water partition coefficient (Wildman–Crippen LogP) is 2.13. The Balaban J connectivity index is 1.52. The summed E-state index contributed by atoms with van der Waals surface area (Å²) in [7, 11) is 0. The van der Waals surface area contributed by atoms with Crippen molar-refractivity contribution >= 4 is 16.9 Å². The van der Waals surface area contributed by atoms with Crippen molar-refractivity contribution in [1.29, 1.82) is 0 Å². The van der Waals surface area contributed by atoms with Gasteiger partial charge in [-0.15, -0.1) is 0 Å². The van der Waals surface area contributed by atoms with Crippen LogP contribution in [-0.2, 0) is 4.79 Å². The van der Waals surface area contributed by atoms with E-state index in [0.717, 1.165) is 22.5 Å². The number of hydrogen-bond donors (Lipinski definition) is 2. The molecule has 6 nitrogen and oxygen atoms in total. The molecular formula is C20H22N2O4. The van der Waals surface area contributed by atoms with E-state index in [1.54, 1.807) is 0 Å². The number of furan rings is 1. The molecular weight excluding hydrogens is 332 g/mol. The van der Waals surface area contributed by atoms with Gasteiger partial charge in [-0.05, 0) is 43.7 Å². The Bertz CT molecular complexity index is 885. The maximum Gasteiger partial charge on any atom is 0.248 e. The van der Waals surface area contributed by atoms with Crippen molar-refractivity contribution in [3.63, 3.8) is 0 Å². The van der Waals surface area contributed by atoms with Crippen molar-refractivity contribution in [1.82, 2.24) is 10.2 Å². The summed E-state index contributed by atoms with van der Waals surface area (Å²) in [6, 6.07) is 7.55. The highest BCUT2D eigenvalue weighted by molar-refractivity contribution is 5.89. The molecule has 3 heterocycles. The van der Waals surface area contributed by atoms with Crippen LogP contribution in [0, 0.1) is 6.92 Å². The number of fused-ring (bicyclic) bond motifs is 1. The highest BCUT2D eigenvalue weighted by Gasteiger charge is 2.48. The molecule has 1 amide bonds. The molecule has 0 aliphatic carbocycles. The second kappa shape index (κ2) is 6.53. The van der Waals surface area contributed by atoms with Crippen LogP contribution < -0.4 is 10.1 Å². The molecule has 0 saturated carbocycles. The third-order valence-electron chi connectivity index (χ3n) is 5.08. The summed E-state index contributed by atoms with van der Waals surface area (Å²) in [5, 5.41) is 13.8. The van der Waals surface area contributed by atoms with Gasteiger partial charge in [0.1, 0.15) is 29.2 Å². The van der Waals surface area contributed by atoms with E-state index in [1.165, 1.54) is 0 Å². The van der Waals surface area contributed by atoms with Gasteiger partial charge < -0.3 is 24.5 Å². The first-order valence-corrected chi connectivity index (χ1v) is 8.78. The van der Waals surface area contributed by atoms with E-state index in [-0.39, 0.29) is 18.6 Å². The summed E-state index contributed by atoms with van der Waals surface area (Å²) in [5.41, 5.74) is -0.0974. The lowest BCUT2D eigenvalue weighted by Gasteiger charge is -2.42. The number of allylic oxidation sites excluding steroid dienone is 2. The minimum Gasteiger partial charge on any atom is -0.491 e. The van der Waals surface area contributed by atoms with E-state index in [2.05, 4.69) is 5.32 Å². The second-order valence-corrected chi connectivity index (χ2v) is 6.76. The van der Waals surface area contributed by atoms with Gasteiger partial charge in [0.25, 0.3) is 0 Å². The van der Waals surface area contributed by atoms with E-state index in [1.807, 2.05) is 60.5 Å². The zero-order valence-corrected chi connectivity index (χ0v) is 14.6. The summed E-state index contributed by atoms with van der Waals surface area (Å²) in [6.07, 6.45) is 8.23. The molecule has 1 saturated heterocycles. The number of carbonyl (C=O) groups is 1. The molecule has 2 N–H and O–H groups in total. The Morgan fingerprint density at radius 2 is 2.27 bits per heavy atom. The van der Waals surface area contributed by atoms with Gasteiger partial charge >= 0.3 is 0 Å². The quantitative estimate of drug-likeness (QED) is 0.860. The first kappa shape index (κ1) is 16.7. The lowest BCUT2D eigenvalue weighted by molar-refractivity contribution is -0.131. The normalized spacial score (nSPS) is 25.1. The van der Waals surface area contributed by atoms with Crippen molar-refractivity contribution in [3.8, 4) is 5.75 Å². The van der Waals surface area contributed by atoms with Crippen molar-refractivity contribution in [3.05, 3.63) is 54.5 Å². The van der Waals surface area contributed by atoms with Crippen LogP contribution in [-0.4, -0.2) is 47.3 Å². The fourth-order valence-electron chi connectivity index (χ4n) is 3.70. The van der Waals surface area contributed by atoms with Gasteiger partial charge in [0, 0.05) is 18.1 Å². The molecule has 1 aromatic heterocycles. The van der Waals surface area contributed by atoms with Crippen LogP contribution in [0.2, 0.25) is 0 Å². The largest absolute Gasteiger partial charge is 0.491 e. The summed E-state index contributed by atoms with van der Waals surface area (Å²) in [6.45, 7) is 2.63. The van der Waals surface area contributed by atoms with Crippen LogP contribution in [0.5, 0.6) is 5.75 Å². The van der Waals surface area contributed by atoms with E-state index in [0.29, 0.717) is 19.6 Å². The van der Waals surface area contributed by atoms with Crippen LogP contribution in [0.3, 0.4) is 0 Å². The van der Waals surface area contributed by atoms with E-state index in [4.69, 9.17) is 9.15 Å². The first-order chi connectivity index (χ1) is 12.6. The number of hydrogen-bond acceptors (Lipinski definition) is 5. The topological polar surface area (TPSA) is 74.9 Å². The highest BCUT2D eigenvalue weighted by Crippen LogP contribution is 2.30. The molecule has 136 valence electrons. The van der Waals surface area contributed by atoms with Crippen molar-refractivity contribution < 1.29 is 19.1 Å². The first-order valence-electron chi connectivity index (χ1n) is 8.78. The molecule has 2 atom stereocenters. The van der Waals surface area contributed by atoms with Gasteiger partial charge in [-0.2, -0.15) is 0 Å². The number of aliphatic hydroxyl groups is 1. The molecule has 2 aromatic rings. The lowest BCUT2D eigenvalue weighted by atomic mass is 9.93.